The van der Waals surface area contributed by atoms with Crippen LogP contribution in [0, 0.1) is 6.92 Å². The van der Waals surface area contributed by atoms with E-state index in [0.717, 1.165) is 5.56 Å². The first-order valence-electron chi connectivity index (χ1n) is 6.31. The lowest BCUT2D eigenvalue weighted by Crippen LogP contribution is -2.26. The molecule has 3 rings (SSSR count). The highest BCUT2D eigenvalue weighted by Crippen LogP contribution is 2.16. The quantitative estimate of drug-likeness (QED) is 0.791. The highest BCUT2D eigenvalue weighted by molar-refractivity contribution is 5.93. The van der Waals surface area contributed by atoms with Gasteiger partial charge in [-0.1, -0.05) is 30.3 Å². The van der Waals surface area contributed by atoms with E-state index in [1.54, 1.807) is 6.92 Å². The van der Waals surface area contributed by atoms with E-state index in [-0.39, 0.29) is 17.7 Å². The lowest BCUT2D eigenvalue weighted by atomic mass is 10.1. The molecule has 0 fully saturated rings. The molecular weight excluding hydrogens is 256 g/mol. The van der Waals surface area contributed by atoms with E-state index in [1.165, 1.54) is 10.8 Å². The van der Waals surface area contributed by atoms with E-state index >= 15 is 0 Å². The van der Waals surface area contributed by atoms with Gasteiger partial charge in [-0.15, -0.1) is 0 Å². The van der Waals surface area contributed by atoms with Gasteiger partial charge in [0.1, 0.15) is 6.33 Å². The summed E-state index contributed by atoms with van der Waals surface area (Å²) in [5.74, 6) is 0.287. The minimum absolute atomic E-state index is 0.103. The molecule has 1 N–H and O–H groups in total. The topological polar surface area (TPSA) is 72.4 Å². The Morgan fingerprint density at radius 1 is 1.35 bits per heavy atom. The van der Waals surface area contributed by atoms with E-state index in [0.29, 0.717) is 11.5 Å². The number of oxazole rings is 1. The highest BCUT2D eigenvalue weighted by atomic mass is 16.4. The summed E-state index contributed by atoms with van der Waals surface area (Å²) in [6.45, 7) is 3.70. The number of amides is 1. The van der Waals surface area contributed by atoms with Crippen LogP contribution in [0.2, 0.25) is 0 Å². The summed E-state index contributed by atoms with van der Waals surface area (Å²) in [6, 6.07) is 9.65. The van der Waals surface area contributed by atoms with E-state index in [2.05, 4.69) is 15.4 Å². The maximum Gasteiger partial charge on any atom is 0.325 e. The average molecular weight is 270 g/mol. The van der Waals surface area contributed by atoms with Gasteiger partial charge in [0.25, 0.3) is 5.91 Å². The van der Waals surface area contributed by atoms with Gasteiger partial charge in [-0.25, -0.2) is 0 Å². The Hall–Kier alpha value is -2.63. The molecule has 2 heterocycles. The number of carbonyl (C=O) groups excluding carboxylic acids is 1. The Balaban J connectivity index is 1.82. The second-order valence-corrected chi connectivity index (χ2v) is 4.58. The van der Waals surface area contributed by atoms with Crippen molar-refractivity contribution >= 4 is 11.8 Å². The zero-order valence-electron chi connectivity index (χ0n) is 11.2. The van der Waals surface area contributed by atoms with Crippen LogP contribution in [0.25, 0.3) is 5.84 Å². The highest BCUT2D eigenvalue weighted by Gasteiger charge is 2.20. The van der Waals surface area contributed by atoms with E-state index in [1.807, 2.05) is 37.3 Å². The van der Waals surface area contributed by atoms with E-state index in [9.17, 15) is 4.79 Å². The van der Waals surface area contributed by atoms with Crippen molar-refractivity contribution in [3.8, 4) is 0 Å². The number of hydrogen-bond donors (Lipinski definition) is 1. The van der Waals surface area contributed by atoms with Gasteiger partial charge in [0.2, 0.25) is 5.76 Å². The number of aryl methyl sites for hydroxylation is 1. The van der Waals surface area contributed by atoms with Gasteiger partial charge in [-0.3, -0.25) is 4.79 Å². The minimum atomic E-state index is -0.272. The zero-order chi connectivity index (χ0) is 14.1. The largest absolute Gasteiger partial charge is 0.416 e. The molecule has 0 bridgehead atoms. The van der Waals surface area contributed by atoms with Crippen molar-refractivity contribution in [3.63, 3.8) is 0 Å². The van der Waals surface area contributed by atoms with Crippen molar-refractivity contribution in [3.05, 3.63) is 53.7 Å². The Morgan fingerprint density at radius 3 is 2.80 bits per heavy atom. The summed E-state index contributed by atoms with van der Waals surface area (Å²) in [6.07, 6.45) is 1.39. The van der Waals surface area contributed by atoms with Crippen LogP contribution < -0.4 is 5.32 Å². The molecule has 0 spiro atoms. The van der Waals surface area contributed by atoms with Gasteiger partial charge in [0, 0.05) is 0 Å². The van der Waals surface area contributed by atoms with Crippen LogP contribution in [0.1, 0.15) is 34.8 Å². The van der Waals surface area contributed by atoms with Crippen molar-refractivity contribution < 1.29 is 9.21 Å². The molecule has 0 aliphatic carbocycles. The van der Waals surface area contributed by atoms with Crippen LogP contribution in [0.3, 0.4) is 0 Å². The predicted octanol–water partition coefficient (Wildman–Crippen LogP) is 2.12. The first kappa shape index (κ1) is 12.4. The van der Waals surface area contributed by atoms with Crippen molar-refractivity contribution in [1.29, 1.82) is 0 Å². The summed E-state index contributed by atoms with van der Waals surface area (Å²) in [5, 5.41) is 6.89. The number of benzene rings is 1. The molecule has 2 aromatic heterocycles. The Kier molecular flexibility index (Phi) is 2.98. The van der Waals surface area contributed by atoms with Gasteiger partial charge in [-0.05, 0) is 19.4 Å². The molecular formula is C14H14N4O2. The molecule has 6 heteroatoms. The summed E-state index contributed by atoms with van der Waals surface area (Å²) >= 11 is 0. The molecule has 0 radical (unpaired) electrons. The second kappa shape index (κ2) is 4.80. The molecule has 3 aromatic rings. The van der Waals surface area contributed by atoms with Gasteiger partial charge in [-0.2, -0.15) is 14.6 Å². The molecule has 20 heavy (non-hydrogen) atoms. The number of rotatable bonds is 3. The number of aromatic nitrogens is 3. The third kappa shape index (κ3) is 2.05. The maximum atomic E-state index is 12.2. The van der Waals surface area contributed by atoms with Gasteiger partial charge in [0.15, 0.2) is 0 Å². The van der Waals surface area contributed by atoms with Crippen molar-refractivity contribution in [2.75, 3.05) is 0 Å². The van der Waals surface area contributed by atoms with E-state index in [4.69, 9.17) is 4.42 Å². The van der Waals surface area contributed by atoms with Crippen LogP contribution in [0.15, 0.2) is 41.1 Å². The number of carbonyl (C=O) groups is 1. The number of nitrogens with one attached hydrogen (secondary N) is 1. The van der Waals surface area contributed by atoms with Gasteiger partial charge >= 0.3 is 5.84 Å². The molecule has 0 aliphatic rings. The van der Waals surface area contributed by atoms with Crippen molar-refractivity contribution in [2.45, 2.75) is 19.9 Å². The van der Waals surface area contributed by atoms with Crippen molar-refractivity contribution in [1.82, 2.24) is 19.9 Å². The Labute approximate surface area is 115 Å². The molecule has 1 atom stereocenters. The SMILES string of the molecule is Cc1c(C(=O)NC(C)c2ccccc2)oc2ncnn12. The first-order chi connectivity index (χ1) is 9.66. The Bertz CT molecular complexity index is 745. The van der Waals surface area contributed by atoms with Gasteiger partial charge < -0.3 is 9.73 Å². The van der Waals surface area contributed by atoms with Crippen LogP contribution in [0.5, 0.6) is 0 Å². The predicted molar refractivity (Wildman–Crippen MR) is 72.3 cm³/mol. The molecule has 6 nitrogen and oxygen atoms in total. The van der Waals surface area contributed by atoms with E-state index < -0.39 is 0 Å². The third-order valence-electron chi connectivity index (χ3n) is 3.21. The third-order valence-corrected chi connectivity index (χ3v) is 3.21. The van der Waals surface area contributed by atoms with Crippen molar-refractivity contribution in [2.24, 2.45) is 0 Å². The minimum Gasteiger partial charge on any atom is -0.416 e. The summed E-state index contributed by atoms with van der Waals surface area (Å²) in [4.78, 5) is 16.2. The lowest BCUT2D eigenvalue weighted by molar-refractivity contribution is 0.0912. The number of hydrogen-bond acceptors (Lipinski definition) is 4. The monoisotopic (exact) mass is 270 g/mol. The molecule has 1 unspecified atom stereocenters. The number of fused-ring (bicyclic) bond motifs is 1. The average Bonchev–Trinajstić information content (AvgIpc) is 3.03. The summed E-state index contributed by atoms with van der Waals surface area (Å²) < 4.78 is 6.92. The smallest absolute Gasteiger partial charge is 0.325 e. The van der Waals surface area contributed by atoms with Gasteiger partial charge in [0.05, 0.1) is 11.7 Å². The van der Waals surface area contributed by atoms with Crippen LogP contribution in [0.4, 0.5) is 0 Å². The fourth-order valence-corrected chi connectivity index (χ4v) is 2.09. The van der Waals surface area contributed by atoms with Crippen LogP contribution in [-0.4, -0.2) is 20.5 Å². The van der Waals surface area contributed by atoms with Crippen LogP contribution in [-0.2, 0) is 0 Å². The fraction of sp³-hybridized carbons (Fsp3) is 0.214. The fourth-order valence-electron chi connectivity index (χ4n) is 2.09. The summed E-state index contributed by atoms with van der Waals surface area (Å²) in [5.41, 5.74) is 1.67. The first-order valence-corrected chi connectivity index (χ1v) is 6.31. The molecule has 1 aromatic carbocycles. The second-order valence-electron chi connectivity index (χ2n) is 4.58. The Morgan fingerprint density at radius 2 is 2.10 bits per heavy atom. The number of nitrogens with zero attached hydrogens (tertiary/aromatic N) is 3. The molecule has 0 saturated heterocycles. The van der Waals surface area contributed by atoms with Crippen LogP contribution >= 0.6 is 0 Å². The summed E-state index contributed by atoms with van der Waals surface area (Å²) in [7, 11) is 0. The lowest BCUT2D eigenvalue weighted by Gasteiger charge is -2.13. The normalized spacial score (nSPS) is 12.5. The molecule has 0 saturated carbocycles. The zero-order valence-corrected chi connectivity index (χ0v) is 11.2. The maximum absolute atomic E-state index is 12.2. The standard InChI is InChI=1S/C14H14N4O2/c1-9(11-6-4-3-5-7-11)17-13(19)12-10(2)18-14(20-12)15-8-16-18/h3-9H,1-2H3,(H,17,19). The molecule has 1 amide bonds. The molecule has 102 valence electrons. The molecule has 0 aliphatic heterocycles.